The molecule has 0 atom stereocenters. The summed E-state index contributed by atoms with van der Waals surface area (Å²) in [5.74, 6) is 0.184. The van der Waals surface area contributed by atoms with Gasteiger partial charge in [-0.1, -0.05) is 61.9 Å². The topological polar surface area (TPSA) is 9.23 Å². The fraction of sp³-hybridized carbons (Fsp3) is 0.250. The number of hydrogen-bond donors (Lipinski definition) is 0. The predicted octanol–water partition coefficient (Wildman–Crippen LogP) is 6.67. The van der Waals surface area contributed by atoms with Crippen molar-refractivity contribution in [3.05, 3.63) is 77.4 Å². The average Bonchev–Trinajstić information content (AvgIpc) is 2.67. The molecule has 0 heterocycles. The molecule has 0 aromatic heterocycles. The molecule has 0 saturated carbocycles. The first-order valence-corrected chi connectivity index (χ1v) is 9.44. The van der Waals surface area contributed by atoms with Gasteiger partial charge < -0.3 is 4.74 Å². The van der Waals surface area contributed by atoms with Gasteiger partial charge in [0, 0.05) is 0 Å². The Labute approximate surface area is 158 Å². The van der Waals surface area contributed by atoms with E-state index in [-0.39, 0.29) is 5.75 Å². The summed E-state index contributed by atoms with van der Waals surface area (Å²) in [5, 5.41) is 0. The SMILES string of the molecule is CCCc1ccc2c(c1)CCc1cc(-c3ccc(OC(F)F)cc3)ccc1-2. The summed E-state index contributed by atoms with van der Waals surface area (Å²) >= 11 is 0. The van der Waals surface area contributed by atoms with Crippen molar-refractivity contribution in [3.8, 4) is 28.0 Å². The third-order valence-corrected chi connectivity index (χ3v) is 5.18. The Morgan fingerprint density at radius 3 is 2.11 bits per heavy atom. The average molecular weight is 364 g/mol. The van der Waals surface area contributed by atoms with Crippen molar-refractivity contribution in [1.82, 2.24) is 0 Å². The zero-order valence-corrected chi connectivity index (χ0v) is 15.3. The van der Waals surface area contributed by atoms with Crippen LogP contribution in [0.5, 0.6) is 5.75 Å². The largest absolute Gasteiger partial charge is 0.435 e. The summed E-state index contributed by atoms with van der Waals surface area (Å²) in [6, 6.07) is 20.2. The molecule has 1 nitrogen and oxygen atoms in total. The molecule has 3 aromatic rings. The molecule has 0 bridgehead atoms. The third kappa shape index (κ3) is 3.73. The van der Waals surface area contributed by atoms with Crippen molar-refractivity contribution < 1.29 is 13.5 Å². The second kappa shape index (κ2) is 7.51. The number of rotatable bonds is 5. The van der Waals surface area contributed by atoms with Gasteiger partial charge in [0.15, 0.2) is 0 Å². The number of aryl methyl sites for hydroxylation is 3. The Hall–Kier alpha value is -2.68. The van der Waals surface area contributed by atoms with Crippen LogP contribution in [0.2, 0.25) is 0 Å². The van der Waals surface area contributed by atoms with E-state index in [1.54, 1.807) is 12.1 Å². The van der Waals surface area contributed by atoms with E-state index in [0.29, 0.717) is 0 Å². The molecule has 0 unspecified atom stereocenters. The van der Waals surface area contributed by atoms with Crippen LogP contribution in [0.25, 0.3) is 22.3 Å². The number of hydrogen-bond acceptors (Lipinski definition) is 1. The molecule has 0 spiro atoms. The summed E-state index contributed by atoms with van der Waals surface area (Å²) < 4.78 is 29.0. The highest BCUT2D eigenvalue weighted by molar-refractivity contribution is 5.77. The number of halogens is 2. The Morgan fingerprint density at radius 2 is 1.44 bits per heavy atom. The maximum Gasteiger partial charge on any atom is 0.387 e. The molecule has 0 saturated heterocycles. The summed E-state index contributed by atoms with van der Waals surface area (Å²) in [6.07, 6.45) is 4.38. The van der Waals surface area contributed by atoms with Crippen molar-refractivity contribution in [2.45, 2.75) is 39.2 Å². The van der Waals surface area contributed by atoms with Crippen molar-refractivity contribution >= 4 is 0 Å². The number of alkyl halides is 2. The Balaban J connectivity index is 1.63. The molecule has 0 fully saturated rings. The lowest BCUT2D eigenvalue weighted by atomic mass is 9.83. The standard InChI is InChI=1S/C24H22F2O/c1-2-3-16-4-12-22-19(14-16)5-6-20-15-18(9-13-23(20)22)17-7-10-21(11-8-17)27-24(25)26/h4,7-15,24H,2-3,5-6H2,1H3. The zero-order chi connectivity index (χ0) is 18.8. The Morgan fingerprint density at radius 1 is 0.815 bits per heavy atom. The van der Waals surface area contributed by atoms with Gasteiger partial charge in [0.25, 0.3) is 0 Å². The molecule has 0 amide bonds. The zero-order valence-electron chi connectivity index (χ0n) is 15.3. The minimum atomic E-state index is -2.79. The van der Waals surface area contributed by atoms with E-state index in [2.05, 4.69) is 48.1 Å². The van der Waals surface area contributed by atoms with Gasteiger partial charge >= 0.3 is 6.61 Å². The van der Waals surface area contributed by atoms with Crippen LogP contribution in [-0.2, 0) is 19.3 Å². The smallest absolute Gasteiger partial charge is 0.387 e. The molecule has 4 rings (SSSR count). The molecular formula is C24H22F2O. The highest BCUT2D eigenvalue weighted by Gasteiger charge is 2.17. The summed E-state index contributed by atoms with van der Waals surface area (Å²) in [5.41, 5.74) is 8.95. The highest BCUT2D eigenvalue weighted by atomic mass is 19.3. The van der Waals surface area contributed by atoms with E-state index in [0.717, 1.165) is 30.4 Å². The van der Waals surface area contributed by atoms with Crippen molar-refractivity contribution in [3.63, 3.8) is 0 Å². The number of benzene rings is 3. The summed E-state index contributed by atoms with van der Waals surface area (Å²) in [7, 11) is 0. The first kappa shape index (κ1) is 17.7. The van der Waals surface area contributed by atoms with Crippen LogP contribution in [0.4, 0.5) is 8.78 Å². The van der Waals surface area contributed by atoms with Crippen LogP contribution in [-0.4, -0.2) is 6.61 Å². The van der Waals surface area contributed by atoms with Crippen LogP contribution in [0.15, 0.2) is 60.7 Å². The summed E-state index contributed by atoms with van der Waals surface area (Å²) in [6.45, 7) is -0.583. The summed E-state index contributed by atoms with van der Waals surface area (Å²) in [4.78, 5) is 0. The normalized spacial score (nSPS) is 12.6. The minimum Gasteiger partial charge on any atom is -0.435 e. The fourth-order valence-electron chi connectivity index (χ4n) is 3.90. The number of fused-ring (bicyclic) bond motifs is 3. The minimum absolute atomic E-state index is 0.184. The molecular weight excluding hydrogens is 342 g/mol. The van der Waals surface area contributed by atoms with E-state index in [1.807, 2.05) is 12.1 Å². The molecule has 0 N–H and O–H groups in total. The highest BCUT2D eigenvalue weighted by Crippen LogP contribution is 2.36. The van der Waals surface area contributed by atoms with Gasteiger partial charge in [0.2, 0.25) is 0 Å². The molecule has 0 aliphatic heterocycles. The van der Waals surface area contributed by atoms with Crippen LogP contribution in [0.1, 0.15) is 30.0 Å². The van der Waals surface area contributed by atoms with E-state index in [1.165, 1.54) is 34.2 Å². The lowest BCUT2D eigenvalue weighted by molar-refractivity contribution is -0.0498. The van der Waals surface area contributed by atoms with E-state index >= 15 is 0 Å². The molecule has 1 aliphatic carbocycles. The van der Waals surface area contributed by atoms with Crippen LogP contribution in [0, 0.1) is 0 Å². The van der Waals surface area contributed by atoms with E-state index in [4.69, 9.17) is 0 Å². The maximum absolute atomic E-state index is 12.3. The van der Waals surface area contributed by atoms with E-state index < -0.39 is 6.61 Å². The van der Waals surface area contributed by atoms with Gasteiger partial charge in [-0.3, -0.25) is 0 Å². The van der Waals surface area contributed by atoms with Crippen LogP contribution in [0.3, 0.4) is 0 Å². The van der Waals surface area contributed by atoms with Crippen LogP contribution >= 0.6 is 0 Å². The predicted molar refractivity (Wildman–Crippen MR) is 105 cm³/mol. The van der Waals surface area contributed by atoms with Crippen molar-refractivity contribution in [2.24, 2.45) is 0 Å². The lowest BCUT2D eigenvalue weighted by Crippen LogP contribution is -2.05. The van der Waals surface area contributed by atoms with Crippen molar-refractivity contribution in [2.75, 3.05) is 0 Å². The monoisotopic (exact) mass is 364 g/mol. The first-order valence-electron chi connectivity index (χ1n) is 9.44. The van der Waals surface area contributed by atoms with Crippen LogP contribution < -0.4 is 4.74 Å². The molecule has 0 radical (unpaired) electrons. The Kier molecular flexibility index (Phi) is 4.93. The van der Waals surface area contributed by atoms with Gasteiger partial charge in [-0.2, -0.15) is 8.78 Å². The number of ether oxygens (including phenoxy) is 1. The Bertz CT molecular complexity index is 945. The maximum atomic E-state index is 12.3. The van der Waals surface area contributed by atoms with Gasteiger partial charge in [0.1, 0.15) is 5.75 Å². The molecule has 1 aliphatic rings. The molecule has 3 aromatic carbocycles. The fourth-order valence-corrected chi connectivity index (χ4v) is 3.90. The molecule has 27 heavy (non-hydrogen) atoms. The third-order valence-electron chi connectivity index (χ3n) is 5.18. The van der Waals surface area contributed by atoms with Gasteiger partial charge in [0.05, 0.1) is 0 Å². The van der Waals surface area contributed by atoms with E-state index in [9.17, 15) is 8.78 Å². The second-order valence-corrected chi connectivity index (χ2v) is 7.02. The lowest BCUT2D eigenvalue weighted by Gasteiger charge is -2.21. The molecule has 138 valence electrons. The quantitative estimate of drug-likeness (QED) is 0.491. The second-order valence-electron chi connectivity index (χ2n) is 7.02. The first-order chi connectivity index (χ1) is 13.1. The van der Waals surface area contributed by atoms with Gasteiger partial charge in [-0.05, 0) is 70.3 Å². The van der Waals surface area contributed by atoms with Gasteiger partial charge in [-0.25, -0.2) is 0 Å². The van der Waals surface area contributed by atoms with Gasteiger partial charge in [-0.15, -0.1) is 0 Å². The van der Waals surface area contributed by atoms with Crippen molar-refractivity contribution in [1.29, 1.82) is 0 Å². The molecule has 3 heteroatoms.